The van der Waals surface area contributed by atoms with Gasteiger partial charge >= 0.3 is 5.97 Å². The van der Waals surface area contributed by atoms with Crippen LogP contribution >= 0.6 is 11.6 Å². The van der Waals surface area contributed by atoms with Crippen LogP contribution in [-0.2, 0) is 9.53 Å². The minimum atomic E-state index is -0.156. The lowest BCUT2D eigenvalue weighted by atomic mass is 9.96. The van der Waals surface area contributed by atoms with Crippen molar-refractivity contribution in [3.05, 3.63) is 47.5 Å². The molecule has 1 aromatic heterocycles. The molecule has 5 nitrogen and oxygen atoms in total. The van der Waals surface area contributed by atoms with Gasteiger partial charge in [-0.2, -0.15) is 0 Å². The van der Waals surface area contributed by atoms with Crippen molar-refractivity contribution >= 4 is 34.3 Å². The van der Waals surface area contributed by atoms with Crippen molar-refractivity contribution in [3.8, 4) is 11.4 Å². The molecule has 0 radical (unpaired) electrons. The lowest BCUT2D eigenvalue weighted by molar-refractivity contribution is -0.147. The molecule has 1 aliphatic rings. The van der Waals surface area contributed by atoms with Gasteiger partial charge in [0.25, 0.3) is 0 Å². The number of ether oxygens (including phenoxy) is 1. The number of aromatic amines is 1. The van der Waals surface area contributed by atoms with Gasteiger partial charge in [-0.1, -0.05) is 51.4 Å². The predicted molar refractivity (Wildman–Crippen MR) is 135 cm³/mol. The van der Waals surface area contributed by atoms with Crippen LogP contribution in [0.2, 0.25) is 5.02 Å². The van der Waals surface area contributed by atoms with Crippen molar-refractivity contribution in [1.29, 1.82) is 0 Å². The Labute approximate surface area is 197 Å². The molecule has 4 rings (SSSR count). The number of nitrogens with one attached hydrogen (secondary N) is 1. The van der Waals surface area contributed by atoms with Crippen LogP contribution < -0.4 is 4.90 Å². The van der Waals surface area contributed by atoms with Crippen LogP contribution in [0.4, 0.5) is 5.69 Å². The number of benzene rings is 2. The number of esters is 1. The SMILES string of the molecule is CC.CC.CCOC(=O)C1CN(c2ccc(Cl)c(-c3nc4ccccc4[nH]3)c2)C(C)(C)C1. The molecule has 2 heterocycles. The molecule has 32 heavy (non-hydrogen) atoms. The summed E-state index contributed by atoms with van der Waals surface area (Å²) in [7, 11) is 0. The van der Waals surface area contributed by atoms with Gasteiger partial charge in [0.05, 0.1) is 28.6 Å². The van der Waals surface area contributed by atoms with Gasteiger partial charge in [0.15, 0.2) is 0 Å². The summed E-state index contributed by atoms with van der Waals surface area (Å²) >= 11 is 6.50. The smallest absolute Gasteiger partial charge is 0.310 e. The molecule has 6 heteroatoms. The van der Waals surface area contributed by atoms with Gasteiger partial charge in [-0.15, -0.1) is 0 Å². The number of nitrogens with zero attached hydrogens (tertiary/aromatic N) is 2. The summed E-state index contributed by atoms with van der Waals surface area (Å²) in [6, 6.07) is 13.9. The average molecular weight is 458 g/mol. The lowest BCUT2D eigenvalue weighted by Gasteiger charge is -2.33. The quantitative estimate of drug-likeness (QED) is 0.424. The number of rotatable bonds is 4. The van der Waals surface area contributed by atoms with Crippen molar-refractivity contribution in [1.82, 2.24) is 9.97 Å². The minimum absolute atomic E-state index is 0.121. The molecular formula is C26H36ClN3O2. The largest absolute Gasteiger partial charge is 0.466 e. The van der Waals surface area contributed by atoms with Crippen molar-refractivity contribution in [3.63, 3.8) is 0 Å². The van der Waals surface area contributed by atoms with E-state index in [0.717, 1.165) is 34.5 Å². The molecular weight excluding hydrogens is 422 g/mol. The zero-order valence-corrected chi connectivity index (χ0v) is 21.1. The molecule has 0 saturated carbocycles. The number of aromatic nitrogens is 2. The molecule has 2 aromatic carbocycles. The van der Waals surface area contributed by atoms with E-state index in [-0.39, 0.29) is 17.4 Å². The molecule has 1 N–H and O–H groups in total. The highest BCUT2D eigenvalue weighted by Gasteiger charge is 2.42. The van der Waals surface area contributed by atoms with Crippen molar-refractivity contribution in [2.45, 2.75) is 60.4 Å². The molecule has 174 valence electrons. The van der Waals surface area contributed by atoms with Crippen LogP contribution in [0.5, 0.6) is 0 Å². The number of carbonyl (C=O) groups excluding carboxylic acids is 1. The van der Waals surface area contributed by atoms with Crippen LogP contribution in [0.1, 0.15) is 54.9 Å². The van der Waals surface area contributed by atoms with Crippen LogP contribution in [0.15, 0.2) is 42.5 Å². The maximum Gasteiger partial charge on any atom is 0.310 e. The first-order valence-corrected chi connectivity index (χ1v) is 12.0. The monoisotopic (exact) mass is 457 g/mol. The van der Waals surface area contributed by atoms with E-state index >= 15 is 0 Å². The maximum atomic E-state index is 12.3. The molecule has 0 bridgehead atoms. The Morgan fingerprint density at radius 2 is 1.88 bits per heavy atom. The number of anilines is 1. The number of halogens is 1. The number of fused-ring (bicyclic) bond motifs is 1. The summed E-state index contributed by atoms with van der Waals surface area (Å²) in [5.41, 5.74) is 3.60. The zero-order valence-electron chi connectivity index (χ0n) is 20.3. The second-order valence-corrected chi connectivity index (χ2v) is 8.25. The number of imidazole rings is 1. The number of para-hydroxylation sites is 2. The van der Waals surface area contributed by atoms with Gasteiger partial charge < -0.3 is 14.6 Å². The van der Waals surface area contributed by atoms with Gasteiger partial charge in [0.2, 0.25) is 0 Å². The summed E-state index contributed by atoms with van der Waals surface area (Å²) < 4.78 is 5.25. The third-order valence-corrected chi connectivity index (χ3v) is 5.74. The average Bonchev–Trinajstić information content (AvgIpc) is 3.37. The molecule has 0 aliphatic carbocycles. The highest BCUT2D eigenvalue weighted by molar-refractivity contribution is 6.33. The maximum absolute atomic E-state index is 12.3. The van der Waals surface area contributed by atoms with E-state index in [1.807, 2.05) is 71.0 Å². The van der Waals surface area contributed by atoms with Crippen molar-refractivity contribution in [2.75, 3.05) is 18.1 Å². The Morgan fingerprint density at radius 1 is 1.19 bits per heavy atom. The fourth-order valence-corrected chi connectivity index (χ4v) is 4.27. The Bertz CT molecular complexity index is 996. The topological polar surface area (TPSA) is 58.2 Å². The molecule has 1 saturated heterocycles. The van der Waals surface area contributed by atoms with Crippen molar-refractivity contribution < 1.29 is 9.53 Å². The van der Waals surface area contributed by atoms with E-state index in [9.17, 15) is 4.79 Å². The van der Waals surface area contributed by atoms with E-state index < -0.39 is 0 Å². The lowest BCUT2D eigenvalue weighted by Crippen LogP contribution is -2.38. The van der Waals surface area contributed by atoms with Crippen molar-refractivity contribution in [2.24, 2.45) is 5.92 Å². The Balaban J connectivity index is 0.000000860. The third-order valence-electron chi connectivity index (χ3n) is 5.41. The highest BCUT2D eigenvalue weighted by atomic mass is 35.5. The molecule has 0 amide bonds. The van der Waals surface area contributed by atoms with E-state index in [0.29, 0.717) is 18.2 Å². The summed E-state index contributed by atoms with van der Waals surface area (Å²) in [5, 5.41) is 0.641. The summed E-state index contributed by atoms with van der Waals surface area (Å²) in [4.78, 5) is 22.6. The standard InChI is InChI=1S/C22H24ClN3O2.2C2H6/c1-4-28-21(27)14-12-22(2,3)26(13-14)15-9-10-17(23)16(11-15)20-24-18-7-5-6-8-19(18)25-20;2*1-2/h5-11,14H,4,12-13H2,1-3H3,(H,24,25);2*1-2H3. The third kappa shape index (κ3) is 5.44. The Hall–Kier alpha value is -2.53. The van der Waals surface area contributed by atoms with Crippen LogP contribution in [0, 0.1) is 5.92 Å². The second kappa shape index (κ2) is 11.4. The molecule has 1 fully saturated rings. The van der Waals surface area contributed by atoms with E-state index in [1.165, 1.54) is 0 Å². The molecule has 1 unspecified atom stereocenters. The first-order valence-electron chi connectivity index (χ1n) is 11.6. The van der Waals surface area contributed by atoms with Gasteiger partial charge in [0, 0.05) is 23.3 Å². The fraction of sp³-hybridized carbons (Fsp3) is 0.462. The predicted octanol–water partition coefficient (Wildman–Crippen LogP) is 7.10. The number of H-pyrrole nitrogens is 1. The summed E-state index contributed by atoms with van der Waals surface area (Å²) in [5.74, 6) is 0.497. The first kappa shape index (κ1) is 25.7. The minimum Gasteiger partial charge on any atom is -0.466 e. The fourth-order valence-electron chi connectivity index (χ4n) is 4.06. The van der Waals surface area contributed by atoms with Crippen LogP contribution in [0.3, 0.4) is 0 Å². The van der Waals surface area contributed by atoms with Gasteiger partial charge in [0.1, 0.15) is 5.82 Å². The molecule has 0 spiro atoms. The number of hydrogen-bond donors (Lipinski definition) is 1. The first-order chi connectivity index (χ1) is 15.4. The van der Waals surface area contributed by atoms with Crippen LogP contribution in [0.25, 0.3) is 22.4 Å². The Kier molecular flexibility index (Phi) is 9.14. The van der Waals surface area contributed by atoms with Crippen LogP contribution in [-0.4, -0.2) is 34.6 Å². The number of hydrogen-bond acceptors (Lipinski definition) is 4. The second-order valence-electron chi connectivity index (χ2n) is 7.84. The number of carbonyl (C=O) groups is 1. The Morgan fingerprint density at radius 3 is 2.53 bits per heavy atom. The summed E-state index contributed by atoms with van der Waals surface area (Å²) in [6.07, 6.45) is 0.758. The summed E-state index contributed by atoms with van der Waals surface area (Å²) in [6.45, 7) is 15.2. The normalized spacial score (nSPS) is 16.6. The van der Waals surface area contributed by atoms with Gasteiger partial charge in [-0.3, -0.25) is 4.79 Å². The molecule has 3 aromatic rings. The van der Waals surface area contributed by atoms with E-state index in [1.54, 1.807) is 0 Å². The zero-order chi connectivity index (χ0) is 23.9. The van der Waals surface area contributed by atoms with Gasteiger partial charge in [-0.05, 0) is 57.5 Å². The van der Waals surface area contributed by atoms with Gasteiger partial charge in [-0.25, -0.2) is 4.98 Å². The highest BCUT2D eigenvalue weighted by Crippen LogP contribution is 2.40. The van der Waals surface area contributed by atoms with E-state index in [4.69, 9.17) is 16.3 Å². The molecule has 1 atom stereocenters. The molecule has 1 aliphatic heterocycles. The van der Waals surface area contributed by atoms with E-state index in [2.05, 4.69) is 34.8 Å².